The highest BCUT2D eigenvalue weighted by atomic mass is 32.2. The van der Waals surface area contributed by atoms with E-state index >= 15 is 0 Å². The van der Waals surface area contributed by atoms with Crippen LogP contribution < -0.4 is 4.72 Å². The lowest BCUT2D eigenvalue weighted by molar-refractivity contribution is 0.310. The van der Waals surface area contributed by atoms with Gasteiger partial charge in [-0.15, -0.1) is 0 Å². The van der Waals surface area contributed by atoms with Gasteiger partial charge in [0, 0.05) is 28.8 Å². The van der Waals surface area contributed by atoms with Crippen molar-refractivity contribution < 1.29 is 12.8 Å². The van der Waals surface area contributed by atoms with Crippen molar-refractivity contribution in [3.63, 3.8) is 0 Å². The highest BCUT2D eigenvalue weighted by Gasteiger charge is 2.22. The van der Waals surface area contributed by atoms with Gasteiger partial charge < -0.3 is 9.88 Å². The summed E-state index contributed by atoms with van der Waals surface area (Å²) in [5.41, 5.74) is 2.66. The summed E-state index contributed by atoms with van der Waals surface area (Å²) in [4.78, 5) is 5.68. The zero-order valence-corrected chi connectivity index (χ0v) is 15.9. The van der Waals surface area contributed by atoms with E-state index in [4.69, 9.17) is 0 Å². The molecule has 1 aliphatic heterocycles. The predicted octanol–water partition coefficient (Wildman–Crippen LogP) is 3.74. The topological polar surface area (TPSA) is 65.2 Å². The maximum atomic E-state index is 13.1. The number of aromatic nitrogens is 1. The van der Waals surface area contributed by atoms with Crippen LogP contribution in [0, 0.1) is 5.82 Å². The zero-order valence-electron chi connectivity index (χ0n) is 15.1. The van der Waals surface area contributed by atoms with Crippen molar-refractivity contribution in [1.82, 2.24) is 9.88 Å². The SMILES string of the molecule is CN1CCCC1Cc1c[nH]c2ccc(NS(=O)(=O)c3ccc(F)cc3)cc12. The third kappa shape index (κ3) is 3.70. The highest BCUT2D eigenvalue weighted by molar-refractivity contribution is 7.92. The molecule has 27 heavy (non-hydrogen) atoms. The Kier molecular flexibility index (Phi) is 4.65. The average molecular weight is 387 g/mol. The van der Waals surface area contributed by atoms with Crippen LogP contribution >= 0.6 is 0 Å². The van der Waals surface area contributed by atoms with Gasteiger partial charge in [0.15, 0.2) is 0 Å². The van der Waals surface area contributed by atoms with Crippen molar-refractivity contribution in [2.24, 2.45) is 0 Å². The van der Waals surface area contributed by atoms with Crippen LogP contribution in [0.15, 0.2) is 53.6 Å². The lowest BCUT2D eigenvalue weighted by Crippen LogP contribution is -2.26. The van der Waals surface area contributed by atoms with E-state index in [0.717, 1.165) is 36.0 Å². The molecule has 142 valence electrons. The first-order chi connectivity index (χ1) is 12.9. The van der Waals surface area contributed by atoms with Crippen molar-refractivity contribution in [2.75, 3.05) is 18.3 Å². The number of nitrogens with one attached hydrogen (secondary N) is 2. The number of sulfonamides is 1. The molecule has 1 saturated heterocycles. The Hall–Kier alpha value is -2.38. The quantitative estimate of drug-likeness (QED) is 0.701. The first-order valence-corrected chi connectivity index (χ1v) is 10.5. The lowest BCUT2D eigenvalue weighted by Gasteiger charge is -2.18. The molecule has 0 amide bonds. The van der Waals surface area contributed by atoms with Crippen LogP contribution in [0.2, 0.25) is 0 Å². The first-order valence-electron chi connectivity index (χ1n) is 9.01. The molecule has 0 bridgehead atoms. The van der Waals surface area contributed by atoms with Gasteiger partial charge in [-0.1, -0.05) is 0 Å². The highest BCUT2D eigenvalue weighted by Crippen LogP contribution is 2.27. The van der Waals surface area contributed by atoms with Gasteiger partial charge in [-0.2, -0.15) is 0 Å². The number of halogens is 1. The molecule has 2 N–H and O–H groups in total. The van der Waals surface area contributed by atoms with Crippen LogP contribution in [-0.4, -0.2) is 37.9 Å². The molecule has 4 rings (SSSR count). The molecule has 1 aliphatic rings. The van der Waals surface area contributed by atoms with Crippen LogP contribution in [0.4, 0.5) is 10.1 Å². The molecule has 0 saturated carbocycles. The number of fused-ring (bicyclic) bond motifs is 1. The van der Waals surface area contributed by atoms with Gasteiger partial charge in [0.25, 0.3) is 10.0 Å². The van der Waals surface area contributed by atoms with Crippen molar-refractivity contribution in [3.05, 3.63) is 60.0 Å². The minimum absolute atomic E-state index is 0.0332. The number of H-pyrrole nitrogens is 1. The summed E-state index contributed by atoms with van der Waals surface area (Å²) in [6.07, 6.45) is 5.34. The second kappa shape index (κ2) is 6.98. The van der Waals surface area contributed by atoms with Crippen molar-refractivity contribution >= 4 is 26.6 Å². The van der Waals surface area contributed by atoms with Crippen molar-refractivity contribution in [2.45, 2.75) is 30.2 Å². The third-order valence-electron chi connectivity index (χ3n) is 5.27. The molecule has 0 aliphatic carbocycles. The second-order valence-corrected chi connectivity index (χ2v) is 8.80. The van der Waals surface area contributed by atoms with Crippen LogP contribution in [0.25, 0.3) is 10.9 Å². The predicted molar refractivity (Wildman–Crippen MR) is 105 cm³/mol. The number of likely N-dealkylation sites (tertiary alicyclic amines) is 1. The molecule has 2 aromatic carbocycles. The van der Waals surface area contributed by atoms with Gasteiger partial charge >= 0.3 is 0 Å². The monoisotopic (exact) mass is 387 g/mol. The molecule has 3 aromatic rings. The number of hydrogen-bond acceptors (Lipinski definition) is 3. The second-order valence-electron chi connectivity index (χ2n) is 7.11. The fourth-order valence-corrected chi connectivity index (χ4v) is 4.78. The number of nitrogens with zero attached hydrogens (tertiary/aromatic N) is 1. The number of likely N-dealkylation sites (N-methyl/N-ethyl adjacent to an activating group) is 1. The third-order valence-corrected chi connectivity index (χ3v) is 6.67. The van der Waals surface area contributed by atoms with E-state index in [2.05, 4.69) is 21.7 Å². The maximum absolute atomic E-state index is 13.1. The van der Waals surface area contributed by atoms with Crippen molar-refractivity contribution in [1.29, 1.82) is 0 Å². The largest absolute Gasteiger partial charge is 0.361 e. The Bertz CT molecular complexity index is 1060. The Morgan fingerprint density at radius 1 is 1.22 bits per heavy atom. The van der Waals surface area contributed by atoms with E-state index in [-0.39, 0.29) is 4.90 Å². The maximum Gasteiger partial charge on any atom is 0.261 e. The summed E-state index contributed by atoms with van der Waals surface area (Å²) in [7, 11) is -1.61. The van der Waals surface area contributed by atoms with Crippen molar-refractivity contribution in [3.8, 4) is 0 Å². The van der Waals surface area contributed by atoms with Crippen LogP contribution in [0.5, 0.6) is 0 Å². The molecule has 0 radical (unpaired) electrons. The smallest absolute Gasteiger partial charge is 0.261 e. The van der Waals surface area contributed by atoms with Gasteiger partial charge in [-0.25, -0.2) is 12.8 Å². The van der Waals surface area contributed by atoms with E-state index in [1.165, 1.54) is 30.5 Å². The molecule has 1 atom stereocenters. The van der Waals surface area contributed by atoms with Gasteiger partial charge in [0.1, 0.15) is 5.82 Å². The Labute approximate surface area is 158 Å². The van der Waals surface area contributed by atoms with E-state index in [9.17, 15) is 12.8 Å². The summed E-state index contributed by atoms with van der Waals surface area (Å²) < 4.78 is 40.7. The summed E-state index contributed by atoms with van der Waals surface area (Å²) >= 11 is 0. The fraction of sp³-hybridized carbons (Fsp3) is 0.300. The molecule has 7 heteroatoms. The van der Waals surface area contributed by atoms with Crippen LogP contribution in [-0.2, 0) is 16.4 Å². The minimum atomic E-state index is -3.76. The summed E-state index contributed by atoms with van der Waals surface area (Å²) in [5, 5.41) is 1.02. The summed E-state index contributed by atoms with van der Waals surface area (Å²) in [6.45, 7) is 1.12. The fourth-order valence-electron chi connectivity index (χ4n) is 3.73. The van der Waals surface area contributed by atoms with Gasteiger partial charge in [0.05, 0.1) is 4.90 Å². The van der Waals surface area contributed by atoms with E-state index in [1.807, 2.05) is 18.3 Å². The van der Waals surface area contributed by atoms with Crippen LogP contribution in [0.3, 0.4) is 0 Å². The minimum Gasteiger partial charge on any atom is -0.361 e. The Balaban J connectivity index is 1.61. The van der Waals surface area contributed by atoms with Crippen LogP contribution in [0.1, 0.15) is 18.4 Å². The normalized spacial score (nSPS) is 18.2. The van der Waals surface area contributed by atoms with E-state index in [1.54, 1.807) is 6.07 Å². The number of hydrogen-bond donors (Lipinski definition) is 2. The van der Waals surface area contributed by atoms with E-state index in [0.29, 0.717) is 11.7 Å². The summed E-state index contributed by atoms with van der Waals surface area (Å²) in [5.74, 6) is -0.468. The number of anilines is 1. The van der Waals surface area contributed by atoms with Gasteiger partial charge in [-0.3, -0.25) is 4.72 Å². The zero-order chi connectivity index (χ0) is 19.0. The van der Waals surface area contributed by atoms with Gasteiger partial charge in [-0.05, 0) is 80.9 Å². The molecular formula is C20H22FN3O2S. The molecule has 1 fully saturated rings. The molecule has 1 unspecified atom stereocenters. The Morgan fingerprint density at radius 2 is 2.00 bits per heavy atom. The lowest BCUT2D eigenvalue weighted by atomic mass is 10.0. The number of benzene rings is 2. The molecule has 0 spiro atoms. The van der Waals surface area contributed by atoms with Gasteiger partial charge in [0.2, 0.25) is 0 Å². The average Bonchev–Trinajstić information content (AvgIpc) is 3.22. The first kappa shape index (κ1) is 18.0. The standard InChI is InChI=1S/C20H22FN3O2S/c1-24-10-2-3-17(24)11-14-13-22-20-9-6-16(12-19(14)20)23-27(25,26)18-7-4-15(21)5-8-18/h4-9,12-13,17,22-23H,2-3,10-11H2,1H3. The molecule has 2 heterocycles. The molecule has 5 nitrogen and oxygen atoms in total. The number of rotatable bonds is 5. The Morgan fingerprint density at radius 3 is 2.70 bits per heavy atom. The molecular weight excluding hydrogens is 365 g/mol. The molecule has 1 aromatic heterocycles. The number of aromatic amines is 1. The van der Waals surface area contributed by atoms with E-state index < -0.39 is 15.8 Å². The summed E-state index contributed by atoms with van der Waals surface area (Å²) in [6, 6.07) is 10.8.